The van der Waals surface area contributed by atoms with Crippen molar-refractivity contribution in [3.8, 4) is 22.3 Å². The van der Waals surface area contributed by atoms with Gasteiger partial charge in [-0.1, -0.05) is 89.2 Å². The highest BCUT2D eigenvalue weighted by Crippen LogP contribution is 2.25. The van der Waals surface area contributed by atoms with E-state index in [1.165, 1.54) is 19.4 Å². The lowest BCUT2D eigenvalue weighted by Gasteiger charge is -2.08. The highest BCUT2D eigenvalue weighted by atomic mass is 16.7. The van der Waals surface area contributed by atoms with Crippen LogP contribution in [-0.4, -0.2) is 23.4 Å². The van der Waals surface area contributed by atoms with Gasteiger partial charge < -0.3 is 9.68 Å². The maximum atomic E-state index is 11.2. The number of carbonyl (C=O) groups is 2. The number of benzene rings is 3. The summed E-state index contributed by atoms with van der Waals surface area (Å²) in [4.78, 5) is 31.7. The summed E-state index contributed by atoms with van der Waals surface area (Å²) in [5.41, 5.74) is 6.25. The fraction of sp³-hybridized carbons (Fsp3) is 0.154. The Morgan fingerprint density at radius 2 is 1.06 bits per heavy atom. The van der Waals surface area contributed by atoms with Crippen LogP contribution in [0.25, 0.3) is 22.3 Å². The molecule has 3 aromatic carbocycles. The number of hydrogen-bond acceptors (Lipinski definition) is 6. The Hall–Kier alpha value is -4.06. The maximum Gasteiger partial charge on any atom is 0.331 e. The number of oxime groups is 2. The average Bonchev–Trinajstić information content (AvgIpc) is 2.81. The summed E-state index contributed by atoms with van der Waals surface area (Å²) >= 11 is 0. The lowest BCUT2D eigenvalue weighted by Crippen LogP contribution is -2.10. The lowest BCUT2D eigenvalue weighted by molar-refractivity contribution is -0.141. The van der Waals surface area contributed by atoms with E-state index < -0.39 is 11.9 Å². The molecular formula is C26H24N2O4. The van der Waals surface area contributed by atoms with Crippen molar-refractivity contribution in [1.29, 1.82) is 0 Å². The second-order valence-electron chi connectivity index (χ2n) is 7.23. The minimum Gasteiger partial charge on any atom is -0.319 e. The van der Waals surface area contributed by atoms with E-state index in [0.29, 0.717) is 11.4 Å². The fourth-order valence-corrected chi connectivity index (χ4v) is 3.06. The van der Waals surface area contributed by atoms with Crippen LogP contribution in [0.3, 0.4) is 0 Å². The van der Waals surface area contributed by atoms with E-state index in [0.717, 1.165) is 22.3 Å². The van der Waals surface area contributed by atoms with Crippen molar-refractivity contribution in [1.82, 2.24) is 0 Å². The van der Waals surface area contributed by atoms with Crippen molar-refractivity contribution in [2.75, 3.05) is 0 Å². The Morgan fingerprint density at radius 3 is 1.56 bits per heavy atom. The topological polar surface area (TPSA) is 77.3 Å². The molecule has 32 heavy (non-hydrogen) atoms. The monoisotopic (exact) mass is 428 g/mol. The predicted octanol–water partition coefficient (Wildman–Crippen LogP) is 5.62. The van der Waals surface area contributed by atoms with E-state index in [-0.39, 0.29) is 6.42 Å². The van der Waals surface area contributed by atoms with E-state index in [9.17, 15) is 9.59 Å². The van der Waals surface area contributed by atoms with E-state index >= 15 is 0 Å². The number of nitrogens with zero attached hydrogens (tertiary/aromatic N) is 2. The van der Waals surface area contributed by atoms with Gasteiger partial charge >= 0.3 is 11.9 Å². The van der Waals surface area contributed by atoms with Gasteiger partial charge in [0.15, 0.2) is 0 Å². The van der Waals surface area contributed by atoms with Gasteiger partial charge in [0.2, 0.25) is 0 Å². The van der Waals surface area contributed by atoms with Gasteiger partial charge in [-0.05, 0) is 34.7 Å². The Bertz CT molecular complexity index is 1130. The minimum atomic E-state index is -0.521. The molecule has 0 spiro atoms. The van der Waals surface area contributed by atoms with Crippen molar-refractivity contribution in [2.24, 2.45) is 10.3 Å². The van der Waals surface area contributed by atoms with Crippen LogP contribution in [0.2, 0.25) is 0 Å². The third kappa shape index (κ3) is 6.47. The normalized spacial score (nSPS) is 11.7. The molecule has 3 aromatic rings. The molecule has 0 bridgehead atoms. The predicted molar refractivity (Wildman–Crippen MR) is 125 cm³/mol. The SMILES string of the molecule is CC(=O)O/N=C(/C/C(C)=N/OC(C)=O)c1ccc(-c2ccc(-c3ccccc3)cc2)cc1. The van der Waals surface area contributed by atoms with Gasteiger partial charge in [0.05, 0.1) is 11.4 Å². The van der Waals surface area contributed by atoms with Gasteiger partial charge in [-0.25, -0.2) is 9.59 Å². The molecule has 0 N–H and O–H groups in total. The summed E-state index contributed by atoms with van der Waals surface area (Å²) < 4.78 is 0. The molecule has 0 atom stereocenters. The quantitative estimate of drug-likeness (QED) is 0.278. The molecule has 3 rings (SSSR count). The van der Waals surface area contributed by atoms with Crippen LogP contribution < -0.4 is 0 Å². The Kier molecular flexibility index (Phi) is 7.65. The standard InChI is InChI=1S/C26H24N2O4/c1-18(27-31-19(2)29)17-26(28-32-20(3)30)25-15-13-24(14-16-25)23-11-9-22(10-12-23)21-7-5-4-6-8-21/h4-16H,17H2,1-3H3/b27-18+,28-26-. The molecule has 0 saturated carbocycles. The van der Waals surface area contributed by atoms with Gasteiger partial charge in [0.1, 0.15) is 0 Å². The Balaban J connectivity index is 1.80. The zero-order chi connectivity index (χ0) is 22.9. The smallest absolute Gasteiger partial charge is 0.319 e. The molecule has 162 valence electrons. The summed E-state index contributed by atoms with van der Waals surface area (Å²) in [6, 6.07) is 26.4. The molecular weight excluding hydrogens is 404 g/mol. The zero-order valence-corrected chi connectivity index (χ0v) is 18.2. The van der Waals surface area contributed by atoms with E-state index in [1.807, 2.05) is 42.5 Å². The number of hydrogen-bond donors (Lipinski definition) is 0. The molecule has 0 heterocycles. The first-order valence-corrected chi connectivity index (χ1v) is 10.1. The summed E-state index contributed by atoms with van der Waals surface area (Å²) in [5, 5.41) is 7.71. The van der Waals surface area contributed by atoms with Crippen LogP contribution in [0.15, 0.2) is 89.2 Å². The Morgan fingerprint density at radius 1 is 0.625 bits per heavy atom. The molecule has 0 amide bonds. The van der Waals surface area contributed by atoms with Crippen molar-refractivity contribution in [3.63, 3.8) is 0 Å². The van der Waals surface area contributed by atoms with Gasteiger partial charge in [-0.3, -0.25) is 0 Å². The number of rotatable bonds is 7. The summed E-state index contributed by atoms with van der Waals surface area (Å²) in [6.07, 6.45) is 0.256. The lowest BCUT2D eigenvalue weighted by atomic mass is 9.98. The highest BCUT2D eigenvalue weighted by Gasteiger charge is 2.10. The van der Waals surface area contributed by atoms with E-state index in [2.05, 4.69) is 51.5 Å². The highest BCUT2D eigenvalue weighted by molar-refractivity contribution is 6.12. The molecule has 6 heteroatoms. The first-order valence-electron chi connectivity index (χ1n) is 10.1. The van der Waals surface area contributed by atoms with Crippen LogP contribution in [-0.2, 0) is 19.3 Å². The van der Waals surface area contributed by atoms with Crippen LogP contribution in [0.4, 0.5) is 0 Å². The second-order valence-corrected chi connectivity index (χ2v) is 7.23. The van der Waals surface area contributed by atoms with Crippen LogP contribution in [0.5, 0.6) is 0 Å². The van der Waals surface area contributed by atoms with Gasteiger partial charge in [0.25, 0.3) is 0 Å². The van der Waals surface area contributed by atoms with Crippen LogP contribution in [0, 0.1) is 0 Å². The van der Waals surface area contributed by atoms with Crippen LogP contribution >= 0.6 is 0 Å². The third-order valence-electron chi connectivity index (χ3n) is 4.58. The number of carbonyl (C=O) groups excluding carboxylic acids is 2. The van der Waals surface area contributed by atoms with Crippen molar-refractivity contribution in [2.45, 2.75) is 27.2 Å². The maximum absolute atomic E-state index is 11.2. The molecule has 0 aromatic heterocycles. The second kappa shape index (κ2) is 10.8. The van der Waals surface area contributed by atoms with E-state index in [4.69, 9.17) is 4.84 Å². The fourth-order valence-electron chi connectivity index (χ4n) is 3.06. The van der Waals surface area contributed by atoms with Crippen LogP contribution in [0.1, 0.15) is 32.8 Å². The van der Waals surface area contributed by atoms with Crippen molar-refractivity contribution >= 4 is 23.4 Å². The molecule has 0 saturated heterocycles. The first-order chi connectivity index (χ1) is 15.4. The van der Waals surface area contributed by atoms with E-state index in [1.54, 1.807) is 6.92 Å². The molecule has 0 fully saturated rings. The van der Waals surface area contributed by atoms with Gasteiger partial charge in [-0.2, -0.15) is 0 Å². The molecule has 0 aliphatic carbocycles. The zero-order valence-electron chi connectivity index (χ0n) is 18.2. The first kappa shape index (κ1) is 22.6. The molecule has 0 aliphatic rings. The summed E-state index contributed by atoms with van der Waals surface area (Å²) in [7, 11) is 0. The summed E-state index contributed by atoms with van der Waals surface area (Å²) in [5.74, 6) is -1.03. The Labute approximate surface area is 187 Å². The average molecular weight is 428 g/mol. The van der Waals surface area contributed by atoms with Crippen molar-refractivity contribution < 1.29 is 19.3 Å². The minimum absolute atomic E-state index is 0.256. The van der Waals surface area contributed by atoms with Gasteiger partial charge in [-0.15, -0.1) is 0 Å². The molecule has 0 aliphatic heterocycles. The summed E-state index contributed by atoms with van der Waals surface area (Å²) in [6.45, 7) is 4.26. The molecule has 0 radical (unpaired) electrons. The molecule has 6 nitrogen and oxygen atoms in total. The van der Waals surface area contributed by atoms with Gasteiger partial charge in [0, 0.05) is 20.3 Å². The third-order valence-corrected chi connectivity index (χ3v) is 4.58. The largest absolute Gasteiger partial charge is 0.331 e. The van der Waals surface area contributed by atoms with Crippen molar-refractivity contribution in [3.05, 3.63) is 84.4 Å². The molecule has 0 unspecified atom stereocenters.